The third kappa shape index (κ3) is 16.1. The van der Waals surface area contributed by atoms with Crippen LogP contribution in [0.5, 0.6) is 0 Å². The number of nitrogens with zero attached hydrogens (tertiary/aromatic N) is 1. The smallest absolute Gasteiger partial charge is 0.104 e. The average molecular weight is 219 g/mol. The molecular weight excluding hydrogens is 194 g/mol. The van der Waals surface area contributed by atoms with E-state index in [0.29, 0.717) is 0 Å². The Morgan fingerprint density at radius 3 is 1.60 bits per heavy atom. The predicted molar refractivity (Wildman–Crippen MR) is 59.0 cm³/mol. The second-order valence-corrected chi connectivity index (χ2v) is 5.86. The lowest BCUT2D eigenvalue weighted by atomic mass is 9.98. The fourth-order valence-corrected chi connectivity index (χ4v) is 0.793. The molecule has 0 fully saturated rings. The van der Waals surface area contributed by atoms with Gasteiger partial charge in [-0.15, -0.1) is 0 Å². The van der Waals surface area contributed by atoms with E-state index in [4.69, 9.17) is 5.11 Å². The molecule has 92 valence electrons. The minimum atomic E-state index is -1.01. The molecule has 15 heavy (non-hydrogen) atoms. The van der Waals surface area contributed by atoms with Crippen molar-refractivity contribution >= 4 is 5.97 Å². The van der Waals surface area contributed by atoms with E-state index in [2.05, 4.69) is 21.1 Å². The Bertz CT molecular complexity index is 187. The van der Waals surface area contributed by atoms with Gasteiger partial charge in [0.05, 0.1) is 21.1 Å². The summed E-state index contributed by atoms with van der Waals surface area (Å²) in [5, 5.41) is 18.8. The molecule has 0 aliphatic heterocycles. The Labute approximate surface area is 93.1 Å². The molecule has 0 spiro atoms. The van der Waals surface area contributed by atoms with Gasteiger partial charge >= 0.3 is 0 Å². The van der Waals surface area contributed by atoms with E-state index in [0.717, 1.165) is 11.0 Å². The Morgan fingerprint density at radius 1 is 1.33 bits per heavy atom. The molecule has 0 aromatic heterocycles. The van der Waals surface area contributed by atoms with Crippen molar-refractivity contribution < 1.29 is 19.5 Å². The van der Waals surface area contributed by atoms with Crippen molar-refractivity contribution in [3.8, 4) is 0 Å². The zero-order valence-corrected chi connectivity index (χ0v) is 11.0. The second-order valence-electron chi connectivity index (χ2n) is 5.86. The molecule has 0 saturated heterocycles. The fourth-order valence-electron chi connectivity index (χ4n) is 0.793. The number of aliphatic carboxylic acids is 1. The number of hydrogen-bond acceptors (Lipinski definition) is 3. The molecule has 0 aliphatic rings. The number of likely N-dealkylation sites (N-methyl/N-ethyl adjacent to an activating group) is 1. The highest BCUT2D eigenvalue weighted by Gasteiger charge is 2.09. The van der Waals surface area contributed by atoms with Crippen LogP contribution in [0.4, 0.5) is 0 Å². The topological polar surface area (TPSA) is 60.4 Å². The third-order valence-corrected chi connectivity index (χ3v) is 1.42. The van der Waals surface area contributed by atoms with E-state index in [1.54, 1.807) is 20.8 Å². The van der Waals surface area contributed by atoms with Gasteiger partial charge in [-0.1, -0.05) is 20.8 Å². The summed E-state index contributed by atoms with van der Waals surface area (Å²) in [6, 6.07) is 0. The van der Waals surface area contributed by atoms with Crippen LogP contribution in [0.25, 0.3) is 0 Å². The first-order chi connectivity index (χ1) is 6.36. The molecule has 1 unspecified atom stereocenters. The summed E-state index contributed by atoms with van der Waals surface area (Å²) in [6.45, 7) is 7.43. The van der Waals surface area contributed by atoms with Gasteiger partial charge in [-0.25, -0.2) is 0 Å². The minimum Gasteiger partial charge on any atom is -0.550 e. The minimum absolute atomic E-state index is 0.185. The van der Waals surface area contributed by atoms with Crippen LogP contribution < -0.4 is 5.11 Å². The van der Waals surface area contributed by atoms with Gasteiger partial charge in [-0.3, -0.25) is 0 Å². The standard InChI is InChI=1S/C6H16NO.C5H10O2/c1-6(8)5-7(2,3)4;1-5(2,3)4(6)7/h6,8H,5H2,1-4H3;1-3H3,(H,6,7)/q+1;/p-1. The number of carboxylic acid groups (broad SMARTS) is 1. The number of quaternary nitrogens is 1. The van der Waals surface area contributed by atoms with Crippen LogP contribution in [-0.2, 0) is 4.79 Å². The molecular formula is C11H25NO3. The van der Waals surface area contributed by atoms with Gasteiger partial charge in [0.2, 0.25) is 0 Å². The molecule has 1 atom stereocenters. The number of hydrogen-bond donors (Lipinski definition) is 1. The van der Waals surface area contributed by atoms with Crippen molar-refractivity contribution in [3.63, 3.8) is 0 Å². The van der Waals surface area contributed by atoms with Crippen molar-refractivity contribution in [1.29, 1.82) is 0 Å². The van der Waals surface area contributed by atoms with Gasteiger partial charge in [-0.2, -0.15) is 0 Å². The van der Waals surface area contributed by atoms with Crippen LogP contribution in [0.3, 0.4) is 0 Å². The highest BCUT2D eigenvalue weighted by atomic mass is 16.4. The SMILES string of the molecule is CC(C)(C)C(=O)[O-].CC(O)C[N+](C)(C)C. The molecule has 0 aliphatic carbocycles. The van der Waals surface area contributed by atoms with Crippen LogP contribution in [0.2, 0.25) is 0 Å². The quantitative estimate of drug-likeness (QED) is 0.657. The number of carboxylic acids is 1. The van der Waals surface area contributed by atoms with Crippen LogP contribution in [-0.4, -0.2) is 49.4 Å². The molecule has 4 heteroatoms. The normalized spacial score (nSPS) is 13.9. The summed E-state index contributed by atoms with van der Waals surface area (Å²) in [5.74, 6) is -1.01. The molecule has 0 aromatic rings. The van der Waals surface area contributed by atoms with Gasteiger partial charge in [-0.05, 0) is 6.92 Å². The van der Waals surface area contributed by atoms with Gasteiger partial charge in [0.15, 0.2) is 0 Å². The maximum Gasteiger partial charge on any atom is 0.104 e. The summed E-state index contributed by atoms with van der Waals surface area (Å²) in [4.78, 5) is 9.91. The van der Waals surface area contributed by atoms with E-state index in [1.807, 2.05) is 6.92 Å². The van der Waals surface area contributed by atoms with Gasteiger partial charge in [0.1, 0.15) is 12.6 Å². The van der Waals surface area contributed by atoms with E-state index in [-0.39, 0.29) is 6.10 Å². The van der Waals surface area contributed by atoms with Crippen molar-refractivity contribution in [1.82, 2.24) is 0 Å². The zero-order valence-electron chi connectivity index (χ0n) is 11.0. The maximum absolute atomic E-state index is 9.91. The fraction of sp³-hybridized carbons (Fsp3) is 0.909. The van der Waals surface area contributed by atoms with Crippen LogP contribution in [0, 0.1) is 5.41 Å². The molecule has 4 nitrogen and oxygen atoms in total. The molecule has 0 heterocycles. The lowest BCUT2D eigenvalue weighted by molar-refractivity contribution is -0.873. The molecule has 0 amide bonds. The Hall–Kier alpha value is -0.610. The predicted octanol–water partition coefficient (Wildman–Crippen LogP) is -0.144. The zero-order chi connectivity index (χ0) is 12.9. The number of carbonyl (C=O) groups excluding carboxylic acids is 1. The highest BCUT2D eigenvalue weighted by molar-refractivity contribution is 5.70. The maximum atomic E-state index is 9.91. The van der Waals surface area contributed by atoms with Gasteiger partial charge < -0.3 is 19.5 Å². The van der Waals surface area contributed by atoms with E-state index in [9.17, 15) is 9.90 Å². The Balaban J connectivity index is 0. The van der Waals surface area contributed by atoms with Crippen molar-refractivity contribution in [3.05, 3.63) is 0 Å². The molecule has 0 bridgehead atoms. The third-order valence-electron chi connectivity index (χ3n) is 1.42. The first-order valence-corrected chi connectivity index (χ1v) is 5.06. The van der Waals surface area contributed by atoms with E-state index < -0.39 is 11.4 Å². The van der Waals surface area contributed by atoms with Crippen LogP contribution in [0.1, 0.15) is 27.7 Å². The van der Waals surface area contributed by atoms with Crippen molar-refractivity contribution in [2.24, 2.45) is 5.41 Å². The largest absolute Gasteiger partial charge is 0.550 e. The summed E-state index contributed by atoms with van der Waals surface area (Å²) < 4.78 is 0.831. The highest BCUT2D eigenvalue weighted by Crippen LogP contribution is 2.09. The van der Waals surface area contributed by atoms with Gasteiger partial charge in [0, 0.05) is 11.4 Å². The molecule has 0 aromatic carbocycles. The van der Waals surface area contributed by atoms with E-state index >= 15 is 0 Å². The van der Waals surface area contributed by atoms with Gasteiger partial charge in [0.25, 0.3) is 0 Å². The van der Waals surface area contributed by atoms with E-state index in [1.165, 1.54) is 0 Å². The molecule has 1 N–H and O–H groups in total. The number of aliphatic hydroxyl groups is 1. The Morgan fingerprint density at radius 2 is 1.60 bits per heavy atom. The number of carbonyl (C=O) groups is 1. The lowest BCUT2D eigenvalue weighted by Crippen LogP contribution is -2.40. The second kappa shape index (κ2) is 6.08. The summed E-state index contributed by atoms with van der Waals surface area (Å²) >= 11 is 0. The first kappa shape index (κ1) is 16.8. The molecule has 0 radical (unpaired) electrons. The lowest BCUT2D eigenvalue weighted by Gasteiger charge is -2.24. The molecule has 0 saturated carbocycles. The van der Waals surface area contributed by atoms with Crippen molar-refractivity contribution in [2.45, 2.75) is 33.8 Å². The summed E-state index contributed by atoms with van der Waals surface area (Å²) in [7, 11) is 6.19. The van der Waals surface area contributed by atoms with Crippen molar-refractivity contribution in [2.75, 3.05) is 27.7 Å². The average Bonchev–Trinajstić information content (AvgIpc) is 1.78. The number of aliphatic hydroxyl groups excluding tert-OH is 1. The summed E-state index contributed by atoms with van der Waals surface area (Å²) in [6.07, 6.45) is -0.185. The monoisotopic (exact) mass is 219 g/mol. The first-order valence-electron chi connectivity index (χ1n) is 5.06. The Kier molecular flexibility index (Phi) is 6.81. The number of rotatable bonds is 2. The van der Waals surface area contributed by atoms with Crippen LogP contribution >= 0.6 is 0 Å². The molecule has 0 rings (SSSR count). The van der Waals surface area contributed by atoms with Crippen LogP contribution in [0.15, 0.2) is 0 Å². The summed E-state index contributed by atoms with van der Waals surface area (Å²) in [5.41, 5.74) is -0.694.